The Bertz CT molecular complexity index is 418. The van der Waals surface area contributed by atoms with Crippen LogP contribution in [0.4, 0.5) is 0 Å². The van der Waals surface area contributed by atoms with E-state index in [-0.39, 0.29) is 5.91 Å². The molecular weight excluding hydrogens is 272 g/mol. The number of hydrogen-bond donors (Lipinski definition) is 1. The fourth-order valence-electron chi connectivity index (χ4n) is 2.68. The zero-order valence-electron chi connectivity index (χ0n) is 8.78. The lowest BCUT2D eigenvalue weighted by Crippen LogP contribution is -2.39. The predicted molar refractivity (Wildman–Crippen MR) is 62.2 cm³/mol. The van der Waals surface area contributed by atoms with Crippen LogP contribution in [-0.2, 0) is 0 Å². The molecule has 1 aromatic rings. The number of nitrogens with zero attached hydrogens (tertiary/aromatic N) is 1. The maximum Gasteiger partial charge on any atom is 0.291 e. The van der Waals surface area contributed by atoms with Gasteiger partial charge in [0.2, 0.25) is 5.76 Å². The van der Waals surface area contributed by atoms with E-state index in [1.54, 1.807) is 6.07 Å². The Hall–Kier alpha value is -0.810. The van der Waals surface area contributed by atoms with Gasteiger partial charge < -0.3 is 14.6 Å². The lowest BCUT2D eigenvalue weighted by molar-refractivity contribution is 0.0703. The zero-order valence-corrected chi connectivity index (χ0v) is 10.4. The molecule has 2 aliphatic heterocycles. The molecule has 5 heteroatoms. The summed E-state index contributed by atoms with van der Waals surface area (Å²) in [6.45, 7) is 2.80. The number of rotatable bonds is 1. The Balaban J connectivity index is 1.83. The third-order valence-corrected chi connectivity index (χ3v) is 4.14. The molecular formula is C11H13BrN2O2. The van der Waals surface area contributed by atoms with Gasteiger partial charge in [-0.15, -0.1) is 0 Å². The summed E-state index contributed by atoms with van der Waals surface area (Å²) < 4.78 is 5.97. The third kappa shape index (κ3) is 1.50. The normalized spacial score (nSPS) is 28.4. The van der Waals surface area contributed by atoms with Crippen molar-refractivity contribution in [3.05, 3.63) is 22.6 Å². The summed E-state index contributed by atoms with van der Waals surface area (Å²) in [4.78, 5) is 14.2. The van der Waals surface area contributed by atoms with Gasteiger partial charge in [-0.25, -0.2) is 0 Å². The van der Waals surface area contributed by atoms with Crippen LogP contribution in [-0.4, -0.2) is 36.5 Å². The van der Waals surface area contributed by atoms with Crippen LogP contribution in [0.25, 0.3) is 0 Å². The fraction of sp³-hybridized carbons (Fsp3) is 0.545. The molecule has 1 aromatic heterocycles. The van der Waals surface area contributed by atoms with Crippen molar-refractivity contribution < 1.29 is 9.21 Å². The number of furan rings is 1. The van der Waals surface area contributed by atoms with E-state index in [4.69, 9.17) is 4.42 Å². The fourth-order valence-corrected chi connectivity index (χ4v) is 3.05. The number of nitrogens with one attached hydrogen (secondary N) is 1. The molecule has 0 spiro atoms. The molecule has 0 saturated carbocycles. The van der Waals surface area contributed by atoms with Crippen molar-refractivity contribution >= 4 is 21.8 Å². The van der Waals surface area contributed by atoms with Crippen molar-refractivity contribution in [2.24, 2.45) is 5.92 Å². The van der Waals surface area contributed by atoms with E-state index in [1.807, 2.05) is 4.90 Å². The van der Waals surface area contributed by atoms with Crippen LogP contribution in [0.1, 0.15) is 17.0 Å². The largest absolute Gasteiger partial charge is 0.458 e. The molecule has 0 bridgehead atoms. The Kier molecular flexibility index (Phi) is 2.52. The molecule has 86 valence electrons. The highest BCUT2D eigenvalue weighted by Gasteiger charge is 2.41. The van der Waals surface area contributed by atoms with Gasteiger partial charge in [-0.05, 0) is 34.3 Å². The minimum Gasteiger partial charge on any atom is -0.458 e. The minimum absolute atomic E-state index is 0.00748. The number of hydrogen-bond acceptors (Lipinski definition) is 3. The third-order valence-electron chi connectivity index (χ3n) is 3.52. The number of carbonyl (C=O) groups excluding carboxylic acids is 1. The van der Waals surface area contributed by atoms with Gasteiger partial charge in [-0.2, -0.15) is 0 Å². The molecule has 0 radical (unpaired) electrons. The smallest absolute Gasteiger partial charge is 0.291 e. The molecule has 2 saturated heterocycles. The first kappa shape index (κ1) is 10.4. The van der Waals surface area contributed by atoms with Crippen molar-refractivity contribution in [3.8, 4) is 0 Å². The molecule has 1 amide bonds. The lowest BCUT2D eigenvalue weighted by atomic mass is 10.1. The van der Waals surface area contributed by atoms with Crippen molar-refractivity contribution in [1.82, 2.24) is 10.2 Å². The van der Waals surface area contributed by atoms with Crippen LogP contribution in [0.3, 0.4) is 0 Å². The Morgan fingerprint density at radius 3 is 3.19 bits per heavy atom. The molecule has 2 unspecified atom stereocenters. The highest BCUT2D eigenvalue weighted by Crippen LogP contribution is 2.30. The van der Waals surface area contributed by atoms with Crippen LogP contribution in [0.15, 0.2) is 21.2 Å². The SMILES string of the molecule is O=C(c1occc1Br)N1CCC2CNCC21. The molecule has 16 heavy (non-hydrogen) atoms. The number of fused-ring (bicyclic) bond motifs is 1. The van der Waals surface area contributed by atoms with Gasteiger partial charge in [0.1, 0.15) is 0 Å². The van der Waals surface area contributed by atoms with E-state index in [2.05, 4.69) is 21.2 Å². The first-order valence-electron chi connectivity index (χ1n) is 5.52. The minimum atomic E-state index is 0.00748. The Morgan fingerprint density at radius 2 is 2.44 bits per heavy atom. The Labute approximate surface area is 102 Å². The zero-order chi connectivity index (χ0) is 11.1. The molecule has 0 aromatic carbocycles. The van der Waals surface area contributed by atoms with Gasteiger partial charge in [0.05, 0.1) is 10.7 Å². The van der Waals surface area contributed by atoms with Gasteiger partial charge >= 0.3 is 0 Å². The van der Waals surface area contributed by atoms with Gasteiger partial charge in [-0.1, -0.05) is 0 Å². The summed E-state index contributed by atoms with van der Waals surface area (Å²) in [6.07, 6.45) is 2.64. The second-order valence-corrected chi connectivity index (χ2v) is 5.22. The van der Waals surface area contributed by atoms with Crippen molar-refractivity contribution in [2.45, 2.75) is 12.5 Å². The summed E-state index contributed by atoms with van der Waals surface area (Å²) in [5.74, 6) is 1.05. The first-order valence-corrected chi connectivity index (χ1v) is 6.31. The molecule has 2 aliphatic rings. The maximum absolute atomic E-state index is 12.2. The van der Waals surface area contributed by atoms with Gasteiger partial charge in [0.25, 0.3) is 5.91 Å². The number of halogens is 1. The molecule has 1 N–H and O–H groups in total. The second kappa shape index (κ2) is 3.89. The van der Waals surface area contributed by atoms with Crippen molar-refractivity contribution in [1.29, 1.82) is 0 Å². The van der Waals surface area contributed by atoms with Gasteiger partial charge in [0, 0.05) is 25.7 Å². The Morgan fingerprint density at radius 1 is 1.56 bits per heavy atom. The average molecular weight is 285 g/mol. The molecule has 3 rings (SSSR count). The predicted octanol–water partition coefficient (Wildman–Crippen LogP) is 1.48. The van der Waals surface area contributed by atoms with E-state index in [1.165, 1.54) is 6.26 Å². The van der Waals surface area contributed by atoms with Crippen LogP contribution in [0.5, 0.6) is 0 Å². The molecule has 2 fully saturated rings. The quantitative estimate of drug-likeness (QED) is 0.850. The van der Waals surface area contributed by atoms with Crippen LogP contribution in [0, 0.1) is 5.92 Å². The van der Waals surface area contributed by atoms with E-state index in [0.717, 1.165) is 30.5 Å². The first-order chi connectivity index (χ1) is 7.77. The summed E-state index contributed by atoms with van der Waals surface area (Å²) in [6, 6.07) is 2.11. The maximum atomic E-state index is 12.2. The van der Waals surface area contributed by atoms with Crippen LogP contribution < -0.4 is 5.32 Å². The summed E-state index contributed by atoms with van der Waals surface area (Å²) >= 11 is 3.33. The standard InChI is InChI=1S/C11H13BrN2O2/c12-8-2-4-16-10(8)11(15)14-3-1-7-5-13-6-9(7)14/h2,4,7,9,13H,1,3,5-6H2. The molecule has 4 nitrogen and oxygen atoms in total. The van der Waals surface area contributed by atoms with E-state index >= 15 is 0 Å². The monoisotopic (exact) mass is 284 g/mol. The van der Waals surface area contributed by atoms with Gasteiger partial charge in [0.15, 0.2) is 0 Å². The van der Waals surface area contributed by atoms with Crippen molar-refractivity contribution in [3.63, 3.8) is 0 Å². The molecule has 0 aliphatic carbocycles. The summed E-state index contributed by atoms with van der Waals surface area (Å²) in [5.41, 5.74) is 0. The molecule has 3 heterocycles. The highest BCUT2D eigenvalue weighted by molar-refractivity contribution is 9.10. The number of likely N-dealkylation sites (tertiary alicyclic amines) is 1. The van der Waals surface area contributed by atoms with Crippen LogP contribution in [0.2, 0.25) is 0 Å². The number of amides is 1. The average Bonchev–Trinajstić information content (AvgIpc) is 2.90. The van der Waals surface area contributed by atoms with Crippen LogP contribution >= 0.6 is 15.9 Å². The highest BCUT2D eigenvalue weighted by atomic mass is 79.9. The lowest BCUT2D eigenvalue weighted by Gasteiger charge is -2.22. The van der Waals surface area contributed by atoms with Crippen molar-refractivity contribution in [2.75, 3.05) is 19.6 Å². The second-order valence-electron chi connectivity index (χ2n) is 4.37. The summed E-state index contributed by atoms with van der Waals surface area (Å²) in [7, 11) is 0. The van der Waals surface area contributed by atoms with E-state index < -0.39 is 0 Å². The van der Waals surface area contributed by atoms with E-state index in [9.17, 15) is 4.79 Å². The van der Waals surface area contributed by atoms with Gasteiger partial charge in [-0.3, -0.25) is 4.79 Å². The molecule has 2 atom stereocenters. The number of carbonyl (C=O) groups is 1. The van der Waals surface area contributed by atoms with E-state index in [0.29, 0.717) is 17.7 Å². The summed E-state index contributed by atoms with van der Waals surface area (Å²) in [5, 5.41) is 3.33. The topological polar surface area (TPSA) is 45.5 Å².